The van der Waals surface area contributed by atoms with E-state index < -0.39 is 5.54 Å². The molecule has 0 aliphatic heterocycles. The minimum absolute atomic E-state index is 0.0714. The predicted molar refractivity (Wildman–Crippen MR) is 79.8 cm³/mol. The summed E-state index contributed by atoms with van der Waals surface area (Å²) in [7, 11) is 0. The molecule has 2 N–H and O–H groups in total. The minimum atomic E-state index is -0.609. The predicted octanol–water partition coefficient (Wildman–Crippen LogP) is 2.72. The van der Waals surface area contributed by atoms with E-state index in [1.165, 1.54) is 0 Å². The van der Waals surface area contributed by atoms with Crippen LogP contribution in [0.15, 0.2) is 22.6 Å². The highest BCUT2D eigenvalue weighted by Gasteiger charge is 2.26. The standard InChI is InChI=1S/C15H21N3O2/c1-5-13-18-11-9-10(7-8-12(11)20-13)17-14(19)15(3,4)16-6-2/h7-9,16H,5-6H2,1-4H3,(H,17,19). The molecule has 0 fully saturated rings. The van der Waals surface area contributed by atoms with Gasteiger partial charge in [0.25, 0.3) is 0 Å². The van der Waals surface area contributed by atoms with Crippen LogP contribution in [0.25, 0.3) is 11.1 Å². The number of hydrogen-bond acceptors (Lipinski definition) is 4. The van der Waals surface area contributed by atoms with Crippen LogP contribution in [0, 0.1) is 0 Å². The number of amides is 1. The van der Waals surface area contributed by atoms with Crippen LogP contribution in [-0.2, 0) is 11.2 Å². The highest BCUT2D eigenvalue weighted by Crippen LogP contribution is 2.21. The molecule has 0 spiro atoms. The van der Waals surface area contributed by atoms with Crippen molar-refractivity contribution in [1.29, 1.82) is 0 Å². The van der Waals surface area contributed by atoms with E-state index in [0.717, 1.165) is 29.8 Å². The number of anilines is 1. The van der Waals surface area contributed by atoms with Crippen molar-refractivity contribution in [2.75, 3.05) is 11.9 Å². The first-order valence-electron chi connectivity index (χ1n) is 6.92. The molecule has 0 bridgehead atoms. The van der Waals surface area contributed by atoms with E-state index in [0.29, 0.717) is 5.89 Å². The molecule has 2 rings (SSSR count). The van der Waals surface area contributed by atoms with Gasteiger partial charge in [-0.05, 0) is 38.6 Å². The Morgan fingerprint density at radius 2 is 2.10 bits per heavy atom. The molecule has 20 heavy (non-hydrogen) atoms. The molecule has 0 saturated heterocycles. The number of hydrogen-bond donors (Lipinski definition) is 2. The van der Waals surface area contributed by atoms with Crippen LogP contribution in [0.5, 0.6) is 0 Å². The van der Waals surface area contributed by atoms with Gasteiger partial charge in [-0.25, -0.2) is 4.98 Å². The molecule has 0 saturated carbocycles. The number of carbonyl (C=O) groups excluding carboxylic acids is 1. The molecule has 2 aromatic rings. The molecule has 0 unspecified atom stereocenters. The molecule has 1 heterocycles. The van der Waals surface area contributed by atoms with Gasteiger partial charge in [-0.3, -0.25) is 4.79 Å². The van der Waals surface area contributed by atoms with E-state index in [-0.39, 0.29) is 5.91 Å². The third kappa shape index (κ3) is 2.99. The summed E-state index contributed by atoms with van der Waals surface area (Å²) in [6.45, 7) is 8.42. The number of oxazole rings is 1. The van der Waals surface area contributed by atoms with Gasteiger partial charge in [0.15, 0.2) is 11.5 Å². The van der Waals surface area contributed by atoms with Crippen molar-refractivity contribution in [3.05, 3.63) is 24.1 Å². The second kappa shape index (κ2) is 5.63. The zero-order valence-electron chi connectivity index (χ0n) is 12.4. The molecule has 0 aliphatic carbocycles. The first kappa shape index (κ1) is 14.5. The number of carbonyl (C=O) groups is 1. The number of nitrogens with one attached hydrogen (secondary N) is 2. The van der Waals surface area contributed by atoms with Crippen molar-refractivity contribution in [2.24, 2.45) is 0 Å². The fourth-order valence-corrected chi connectivity index (χ4v) is 2.01. The van der Waals surface area contributed by atoms with Gasteiger partial charge in [-0.15, -0.1) is 0 Å². The lowest BCUT2D eigenvalue weighted by atomic mass is 10.0. The molecule has 0 radical (unpaired) electrons. The van der Waals surface area contributed by atoms with Crippen LogP contribution in [0.3, 0.4) is 0 Å². The molecule has 0 aliphatic rings. The van der Waals surface area contributed by atoms with Gasteiger partial charge in [0, 0.05) is 12.1 Å². The number of aromatic nitrogens is 1. The van der Waals surface area contributed by atoms with E-state index in [1.54, 1.807) is 0 Å². The quantitative estimate of drug-likeness (QED) is 0.880. The molecular formula is C15H21N3O2. The fourth-order valence-electron chi connectivity index (χ4n) is 2.01. The Balaban J connectivity index is 2.19. The van der Waals surface area contributed by atoms with Crippen LogP contribution in [-0.4, -0.2) is 23.0 Å². The number of aryl methyl sites for hydroxylation is 1. The third-order valence-corrected chi connectivity index (χ3v) is 3.18. The largest absolute Gasteiger partial charge is 0.441 e. The summed E-state index contributed by atoms with van der Waals surface area (Å²) in [6.07, 6.45) is 0.754. The second-order valence-electron chi connectivity index (χ2n) is 5.25. The second-order valence-corrected chi connectivity index (χ2v) is 5.25. The van der Waals surface area contributed by atoms with Gasteiger partial charge in [-0.1, -0.05) is 13.8 Å². The molecule has 0 atom stereocenters. The summed E-state index contributed by atoms with van der Waals surface area (Å²) in [6, 6.07) is 5.49. The van der Waals surface area contributed by atoms with Gasteiger partial charge in [-0.2, -0.15) is 0 Å². The van der Waals surface area contributed by atoms with Crippen LogP contribution < -0.4 is 10.6 Å². The van der Waals surface area contributed by atoms with E-state index in [2.05, 4.69) is 15.6 Å². The van der Waals surface area contributed by atoms with Gasteiger partial charge < -0.3 is 15.1 Å². The average molecular weight is 275 g/mol. The zero-order chi connectivity index (χ0) is 14.8. The summed E-state index contributed by atoms with van der Waals surface area (Å²) in [5.74, 6) is 0.634. The van der Waals surface area contributed by atoms with Gasteiger partial charge in [0.2, 0.25) is 5.91 Å². The van der Waals surface area contributed by atoms with Crippen LogP contribution >= 0.6 is 0 Å². The van der Waals surface area contributed by atoms with Crippen molar-refractivity contribution in [3.63, 3.8) is 0 Å². The Bertz CT molecular complexity index is 617. The summed E-state index contributed by atoms with van der Waals surface area (Å²) in [5, 5.41) is 6.05. The lowest BCUT2D eigenvalue weighted by Gasteiger charge is -2.24. The zero-order valence-corrected chi connectivity index (χ0v) is 12.4. The number of nitrogens with zero attached hydrogens (tertiary/aromatic N) is 1. The fraction of sp³-hybridized carbons (Fsp3) is 0.467. The van der Waals surface area contributed by atoms with Crippen molar-refractivity contribution >= 4 is 22.7 Å². The summed E-state index contributed by atoms with van der Waals surface area (Å²) in [5.41, 5.74) is 1.62. The highest BCUT2D eigenvalue weighted by molar-refractivity contribution is 5.98. The SMILES string of the molecule is CCNC(C)(C)C(=O)Nc1ccc2oc(CC)nc2c1. The minimum Gasteiger partial charge on any atom is -0.441 e. The summed E-state index contributed by atoms with van der Waals surface area (Å²) in [4.78, 5) is 16.6. The number of benzene rings is 1. The van der Waals surface area contributed by atoms with E-state index in [1.807, 2.05) is 45.9 Å². The topological polar surface area (TPSA) is 67.2 Å². The van der Waals surface area contributed by atoms with Crippen LogP contribution in [0.4, 0.5) is 5.69 Å². The lowest BCUT2D eigenvalue weighted by Crippen LogP contribution is -2.49. The number of rotatable bonds is 5. The number of fused-ring (bicyclic) bond motifs is 1. The Morgan fingerprint density at radius 1 is 1.35 bits per heavy atom. The maximum Gasteiger partial charge on any atom is 0.244 e. The Hall–Kier alpha value is -1.88. The maximum atomic E-state index is 12.2. The lowest BCUT2D eigenvalue weighted by molar-refractivity contribution is -0.121. The molecule has 5 nitrogen and oxygen atoms in total. The Kier molecular flexibility index (Phi) is 4.09. The average Bonchev–Trinajstić information content (AvgIpc) is 2.80. The Morgan fingerprint density at radius 3 is 2.75 bits per heavy atom. The normalized spacial score (nSPS) is 11.8. The van der Waals surface area contributed by atoms with Crippen LogP contribution in [0.2, 0.25) is 0 Å². The van der Waals surface area contributed by atoms with Crippen molar-refractivity contribution in [2.45, 2.75) is 39.7 Å². The first-order valence-corrected chi connectivity index (χ1v) is 6.92. The van der Waals surface area contributed by atoms with Gasteiger partial charge in [0.05, 0.1) is 5.54 Å². The molecule has 5 heteroatoms. The van der Waals surface area contributed by atoms with E-state index in [9.17, 15) is 4.79 Å². The molecule has 1 aromatic carbocycles. The van der Waals surface area contributed by atoms with Gasteiger partial charge >= 0.3 is 0 Å². The highest BCUT2D eigenvalue weighted by atomic mass is 16.3. The molecule has 1 aromatic heterocycles. The van der Waals surface area contributed by atoms with Crippen LogP contribution in [0.1, 0.15) is 33.6 Å². The third-order valence-electron chi connectivity index (χ3n) is 3.18. The number of likely N-dealkylation sites (N-methyl/N-ethyl adjacent to an activating group) is 1. The molecular weight excluding hydrogens is 254 g/mol. The van der Waals surface area contributed by atoms with E-state index >= 15 is 0 Å². The monoisotopic (exact) mass is 275 g/mol. The van der Waals surface area contributed by atoms with Crippen molar-refractivity contribution in [1.82, 2.24) is 10.3 Å². The summed E-state index contributed by atoms with van der Waals surface area (Å²) < 4.78 is 5.55. The first-order chi connectivity index (χ1) is 9.46. The van der Waals surface area contributed by atoms with Crippen molar-refractivity contribution < 1.29 is 9.21 Å². The molecule has 1 amide bonds. The summed E-state index contributed by atoms with van der Waals surface area (Å²) >= 11 is 0. The maximum absolute atomic E-state index is 12.2. The van der Waals surface area contributed by atoms with E-state index in [4.69, 9.17) is 4.42 Å². The molecule has 108 valence electrons. The van der Waals surface area contributed by atoms with Crippen molar-refractivity contribution in [3.8, 4) is 0 Å². The smallest absolute Gasteiger partial charge is 0.244 e. The Labute approximate surface area is 118 Å². The van der Waals surface area contributed by atoms with Gasteiger partial charge in [0.1, 0.15) is 5.52 Å².